The van der Waals surface area contributed by atoms with Crippen molar-refractivity contribution in [3.63, 3.8) is 0 Å². The lowest BCUT2D eigenvalue weighted by molar-refractivity contribution is 0.335. The molecule has 0 aliphatic heterocycles. The van der Waals surface area contributed by atoms with Crippen LogP contribution < -0.4 is 0 Å². The second kappa shape index (κ2) is 1.63. The first-order chi connectivity index (χ1) is 5.37. The minimum absolute atomic E-state index is 0.653. The van der Waals surface area contributed by atoms with Crippen molar-refractivity contribution in [1.29, 1.82) is 0 Å². The molecule has 0 aromatic heterocycles. The van der Waals surface area contributed by atoms with Crippen LogP contribution in [0.1, 0.15) is 32.1 Å². The van der Waals surface area contributed by atoms with Crippen molar-refractivity contribution in [1.82, 2.24) is 0 Å². The van der Waals surface area contributed by atoms with Crippen molar-refractivity contribution in [2.45, 2.75) is 32.1 Å². The highest BCUT2D eigenvalue weighted by molar-refractivity contribution is 5.37. The zero-order valence-electron chi connectivity index (χ0n) is 6.84. The molecule has 0 N–H and O–H groups in total. The second-order valence-electron chi connectivity index (χ2n) is 4.41. The maximum atomic E-state index is 2.46. The van der Waals surface area contributed by atoms with Crippen LogP contribution in [0.5, 0.6) is 0 Å². The zero-order chi connectivity index (χ0) is 7.36. The van der Waals surface area contributed by atoms with Gasteiger partial charge in [0, 0.05) is 0 Å². The molecule has 0 heteroatoms. The van der Waals surface area contributed by atoms with Gasteiger partial charge in [0.2, 0.25) is 0 Å². The number of rotatable bonds is 0. The minimum atomic E-state index is 0.653. The van der Waals surface area contributed by atoms with E-state index < -0.39 is 0 Å². The van der Waals surface area contributed by atoms with Crippen molar-refractivity contribution in [3.8, 4) is 0 Å². The van der Waals surface area contributed by atoms with Crippen molar-refractivity contribution in [2.24, 2.45) is 10.8 Å². The molecule has 3 aliphatic carbocycles. The highest BCUT2D eigenvalue weighted by atomic mass is 14.7. The van der Waals surface area contributed by atoms with Gasteiger partial charge >= 0.3 is 0 Å². The molecule has 0 amide bonds. The predicted molar refractivity (Wildman–Crippen MR) is 46.2 cm³/mol. The predicted octanol–water partition coefficient (Wildman–Crippen LogP) is 3.06. The lowest BCUT2D eigenvalue weighted by Gasteiger charge is -2.27. The van der Waals surface area contributed by atoms with Gasteiger partial charge in [0.15, 0.2) is 0 Å². The van der Waals surface area contributed by atoms with Gasteiger partial charge in [-0.1, -0.05) is 37.1 Å². The van der Waals surface area contributed by atoms with Crippen LogP contribution in [0.4, 0.5) is 0 Å². The van der Waals surface area contributed by atoms with Crippen LogP contribution in [0.15, 0.2) is 24.3 Å². The van der Waals surface area contributed by atoms with Crippen LogP contribution in [0.25, 0.3) is 0 Å². The molecule has 0 bridgehead atoms. The van der Waals surface area contributed by atoms with Gasteiger partial charge in [-0.15, -0.1) is 0 Å². The third-order valence-corrected chi connectivity index (χ3v) is 3.93. The summed E-state index contributed by atoms with van der Waals surface area (Å²) in [4.78, 5) is 0. The summed E-state index contributed by atoms with van der Waals surface area (Å²) in [6.45, 7) is 0. The molecule has 11 heavy (non-hydrogen) atoms. The van der Waals surface area contributed by atoms with E-state index in [1.54, 1.807) is 0 Å². The molecular weight excluding hydrogens is 132 g/mol. The molecule has 2 atom stereocenters. The summed E-state index contributed by atoms with van der Waals surface area (Å²) in [6, 6.07) is 0. The Labute approximate surface area is 68.0 Å². The SMILES string of the molecule is C1=CC23CCCCC2(C=C1)C3. The average molecular weight is 146 g/mol. The van der Waals surface area contributed by atoms with Crippen LogP contribution in [-0.2, 0) is 0 Å². The van der Waals surface area contributed by atoms with Crippen molar-refractivity contribution in [2.75, 3.05) is 0 Å². The van der Waals surface area contributed by atoms with Crippen LogP contribution in [0, 0.1) is 10.8 Å². The zero-order valence-corrected chi connectivity index (χ0v) is 6.84. The quantitative estimate of drug-likeness (QED) is 0.492. The molecule has 0 aromatic rings. The van der Waals surface area contributed by atoms with E-state index in [9.17, 15) is 0 Å². The highest BCUT2D eigenvalue weighted by Crippen LogP contribution is 2.73. The Kier molecular flexibility index (Phi) is 0.894. The van der Waals surface area contributed by atoms with Crippen molar-refractivity contribution in [3.05, 3.63) is 24.3 Å². The van der Waals surface area contributed by atoms with Gasteiger partial charge in [-0.25, -0.2) is 0 Å². The molecule has 3 rings (SSSR count). The Hall–Kier alpha value is -0.520. The van der Waals surface area contributed by atoms with Gasteiger partial charge in [-0.3, -0.25) is 0 Å². The summed E-state index contributed by atoms with van der Waals surface area (Å²) in [7, 11) is 0. The first-order valence-electron chi connectivity index (χ1n) is 4.74. The molecule has 0 radical (unpaired) electrons. The minimum Gasteiger partial charge on any atom is -0.0774 e. The number of hydrogen-bond donors (Lipinski definition) is 0. The second-order valence-corrected chi connectivity index (χ2v) is 4.41. The Morgan fingerprint density at radius 3 is 1.91 bits per heavy atom. The summed E-state index contributed by atoms with van der Waals surface area (Å²) < 4.78 is 0. The lowest BCUT2D eigenvalue weighted by Crippen LogP contribution is -2.16. The molecule has 2 unspecified atom stereocenters. The van der Waals surface area contributed by atoms with Crippen LogP contribution in [0.2, 0.25) is 0 Å². The van der Waals surface area contributed by atoms with Crippen LogP contribution >= 0.6 is 0 Å². The Morgan fingerprint density at radius 2 is 1.36 bits per heavy atom. The van der Waals surface area contributed by atoms with Gasteiger partial charge in [0.05, 0.1) is 0 Å². The molecular formula is C11H14. The third kappa shape index (κ3) is 0.571. The smallest absolute Gasteiger partial charge is 0.00152 e. The van der Waals surface area contributed by atoms with E-state index in [4.69, 9.17) is 0 Å². The standard InChI is InChI=1S/C11H14/c1-2-6-11-8-4-3-7-10(11,5-1)9-11/h1-2,5-6H,3-4,7-9H2. The number of hydrogen-bond acceptors (Lipinski definition) is 0. The van der Waals surface area contributed by atoms with E-state index in [0.29, 0.717) is 10.8 Å². The van der Waals surface area contributed by atoms with Crippen LogP contribution in [-0.4, -0.2) is 0 Å². The summed E-state index contributed by atoms with van der Waals surface area (Å²) in [5, 5.41) is 0. The van der Waals surface area contributed by atoms with Gasteiger partial charge in [-0.2, -0.15) is 0 Å². The van der Waals surface area contributed by atoms with E-state index in [0.717, 1.165) is 0 Å². The molecule has 0 saturated heterocycles. The van der Waals surface area contributed by atoms with Gasteiger partial charge < -0.3 is 0 Å². The summed E-state index contributed by atoms with van der Waals surface area (Å²) in [6.07, 6.45) is 16.7. The monoisotopic (exact) mass is 146 g/mol. The largest absolute Gasteiger partial charge is 0.0774 e. The first kappa shape index (κ1) is 6.05. The van der Waals surface area contributed by atoms with Crippen molar-refractivity contribution < 1.29 is 0 Å². The Morgan fingerprint density at radius 1 is 0.818 bits per heavy atom. The molecule has 58 valence electrons. The molecule has 2 fully saturated rings. The normalized spacial score (nSPS) is 51.6. The Bertz CT molecular complexity index is 223. The number of allylic oxidation sites excluding steroid dienone is 4. The fourth-order valence-corrected chi connectivity index (χ4v) is 3.17. The van der Waals surface area contributed by atoms with Crippen molar-refractivity contribution >= 4 is 0 Å². The highest BCUT2D eigenvalue weighted by Gasteiger charge is 2.64. The average Bonchev–Trinajstić information content (AvgIpc) is 2.72. The molecule has 3 aliphatic rings. The molecule has 0 spiro atoms. The molecule has 0 aromatic carbocycles. The third-order valence-electron chi connectivity index (χ3n) is 3.93. The topological polar surface area (TPSA) is 0 Å². The van der Waals surface area contributed by atoms with Gasteiger partial charge in [0.25, 0.3) is 0 Å². The molecule has 2 saturated carbocycles. The van der Waals surface area contributed by atoms with E-state index in [-0.39, 0.29) is 0 Å². The fourth-order valence-electron chi connectivity index (χ4n) is 3.17. The maximum absolute atomic E-state index is 2.46. The Balaban J connectivity index is 2.03. The van der Waals surface area contributed by atoms with E-state index in [1.165, 1.54) is 32.1 Å². The molecule has 0 nitrogen and oxygen atoms in total. The summed E-state index contributed by atoms with van der Waals surface area (Å²) in [5.74, 6) is 0. The van der Waals surface area contributed by atoms with Gasteiger partial charge in [0.1, 0.15) is 0 Å². The van der Waals surface area contributed by atoms with Crippen LogP contribution in [0.3, 0.4) is 0 Å². The maximum Gasteiger partial charge on any atom is -0.00152 e. The molecule has 0 heterocycles. The summed E-state index contributed by atoms with van der Waals surface area (Å²) >= 11 is 0. The summed E-state index contributed by atoms with van der Waals surface area (Å²) in [5.41, 5.74) is 1.31. The van der Waals surface area contributed by atoms with Gasteiger partial charge in [-0.05, 0) is 30.1 Å². The lowest BCUT2D eigenvalue weighted by atomic mass is 9.77. The fraction of sp³-hybridized carbons (Fsp3) is 0.636. The van der Waals surface area contributed by atoms with E-state index in [1.807, 2.05) is 0 Å². The van der Waals surface area contributed by atoms with E-state index >= 15 is 0 Å². The first-order valence-corrected chi connectivity index (χ1v) is 4.74. The van der Waals surface area contributed by atoms with E-state index in [2.05, 4.69) is 24.3 Å².